The molecule has 11 nitrogen and oxygen atoms in total. The van der Waals surface area contributed by atoms with Crippen molar-refractivity contribution in [3.05, 3.63) is 102 Å². The lowest BCUT2D eigenvalue weighted by Gasteiger charge is -2.17. The predicted octanol–water partition coefficient (Wildman–Crippen LogP) is 3.32. The number of esters is 1. The minimum atomic E-state index is -4.02. The molecule has 0 unspecified atom stereocenters. The number of benzene rings is 3. The molecule has 40 heavy (non-hydrogen) atoms. The van der Waals surface area contributed by atoms with Gasteiger partial charge in [-0.3, -0.25) is 9.55 Å². The van der Waals surface area contributed by atoms with E-state index in [1.54, 1.807) is 12.1 Å². The van der Waals surface area contributed by atoms with Crippen LogP contribution in [0.3, 0.4) is 0 Å². The smallest absolute Gasteiger partial charge is 0.408 e. The Hall–Kier alpha value is -4.42. The molecule has 0 aliphatic carbocycles. The molecule has 0 aliphatic heterocycles. The average Bonchev–Trinajstić information content (AvgIpc) is 2.93. The Morgan fingerprint density at radius 1 is 0.875 bits per heavy atom. The number of nitrogens with zero attached hydrogens (tertiary/aromatic N) is 1. The maximum atomic E-state index is 12.5. The van der Waals surface area contributed by atoms with Gasteiger partial charge in [0.05, 0.1) is 4.90 Å². The van der Waals surface area contributed by atoms with Gasteiger partial charge < -0.3 is 26.3 Å². The van der Waals surface area contributed by atoms with Crippen LogP contribution in [0.15, 0.2) is 94.8 Å². The number of nitrogens with one attached hydrogen (secondary N) is 1. The molecular weight excluding hydrogens is 536 g/mol. The molecule has 0 aromatic heterocycles. The number of alkyl carbamates (subject to hydrolysis) is 1. The minimum Gasteiger partial charge on any atom is -0.459 e. The summed E-state index contributed by atoms with van der Waals surface area (Å²) >= 11 is 0. The topological polar surface area (TPSA) is 183 Å². The molecule has 1 amide bonds. The van der Waals surface area contributed by atoms with E-state index in [-0.39, 0.29) is 24.1 Å². The van der Waals surface area contributed by atoms with Gasteiger partial charge in [0, 0.05) is 6.54 Å². The van der Waals surface area contributed by atoms with Crippen molar-refractivity contribution in [3.63, 3.8) is 0 Å². The summed E-state index contributed by atoms with van der Waals surface area (Å²) in [7, 11) is -4.02. The number of carbonyl (C=O) groups is 2. The summed E-state index contributed by atoms with van der Waals surface area (Å²) < 4.78 is 40.1. The third-order valence-corrected chi connectivity index (χ3v) is 6.15. The van der Waals surface area contributed by atoms with Crippen LogP contribution in [0.5, 0.6) is 0 Å². The molecule has 0 fully saturated rings. The summed E-state index contributed by atoms with van der Waals surface area (Å²) in [6.07, 6.45) is 0.102. The first-order chi connectivity index (χ1) is 19.0. The first kappa shape index (κ1) is 31.8. The monoisotopic (exact) mass is 570 g/mol. The molecule has 12 heteroatoms. The number of guanidine groups is 1. The van der Waals surface area contributed by atoms with E-state index in [1.165, 1.54) is 12.1 Å². The van der Waals surface area contributed by atoms with Crippen molar-refractivity contribution >= 4 is 28.1 Å². The van der Waals surface area contributed by atoms with Gasteiger partial charge in [-0.25, -0.2) is 9.59 Å². The molecule has 214 valence electrons. The quantitative estimate of drug-likeness (QED) is 0.0883. The summed E-state index contributed by atoms with van der Waals surface area (Å²) in [5, 5.41) is 2.56. The van der Waals surface area contributed by atoms with Crippen molar-refractivity contribution in [1.29, 1.82) is 0 Å². The van der Waals surface area contributed by atoms with Gasteiger partial charge in [0.15, 0.2) is 5.96 Å². The largest absolute Gasteiger partial charge is 0.459 e. The Labute approximate surface area is 234 Å². The summed E-state index contributed by atoms with van der Waals surface area (Å²) in [4.78, 5) is 28.4. The van der Waals surface area contributed by atoms with Gasteiger partial charge in [0.2, 0.25) is 0 Å². The van der Waals surface area contributed by atoms with E-state index < -0.39 is 28.2 Å². The highest BCUT2D eigenvalue weighted by Crippen LogP contribution is 2.09. The van der Waals surface area contributed by atoms with Gasteiger partial charge in [-0.05, 0) is 43.0 Å². The van der Waals surface area contributed by atoms with Crippen molar-refractivity contribution in [2.45, 2.75) is 43.9 Å². The van der Waals surface area contributed by atoms with Crippen LogP contribution in [0.1, 0.15) is 29.5 Å². The van der Waals surface area contributed by atoms with Crippen LogP contribution in [0.2, 0.25) is 0 Å². The highest BCUT2D eigenvalue weighted by molar-refractivity contribution is 7.85. The molecule has 0 radical (unpaired) electrons. The number of amides is 1. The van der Waals surface area contributed by atoms with Gasteiger partial charge >= 0.3 is 12.1 Å². The predicted molar refractivity (Wildman–Crippen MR) is 151 cm³/mol. The van der Waals surface area contributed by atoms with Crippen molar-refractivity contribution < 1.29 is 32.0 Å². The Bertz CT molecular complexity index is 1330. The molecule has 3 aromatic rings. The first-order valence-electron chi connectivity index (χ1n) is 12.3. The van der Waals surface area contributed by atoms with Crippen LogP contribution < -0.4 is 16.8 Å². The normalized spacial score (nSPS) is 11.2. The van der Waals surface area contributed by atoms with Crippen LogP contribution in [0.25, 0.3) is 0 Å². The van der Waals surface area contributed by atoms with Crippen LogP contribution in [0, 0.1) is 6.92 Å². The Kier molecular flexibility index (Phi) is 13.1. The molecule has 0 spiro atoms. The fourth-order valence-electron chi connectivity index (χ4n) is 3.20. The average molecular weight is 571 g/mol. The van der Waals surface area contributed by atoms with E-state index in [1.807, 2.05) is 67.6 Å². The second kappa shape index (κ2) is 16.5. The van der Waals surface area contributed by atoms with Crippen LogP contribution in [-0.4, -0.2) is 43.6 Å². The molecule has 0 aliphatic rings. The lowest BCUT2D eigenvalue weighted by atomic mass is 10.1. The van der Waals surface area contributed by atoms with Crippen LogP contribution in [-0.2, 0) is 37.6 Å². The van der Waals surface area contributed by atoms with Crippen LogP contribution >= 0.6 is 0 Å². The van der Waals surface area contributed by atoms with E-state index >= 15 is 0 Å². The molecule has 3 aromatic carbocycles. The maximum absolute atomic E-state index is 12.5. The minimum absolute atomic E-state index is 0.0246. The molecule has 3 rings (SSSR count). The van der Waals surface area contributed by atoms with Crippen molar-refractivity contribution in [2.24, 2.45) is 16.5 Å². The Balaban J connectivity index is 0.000000425. The Morgan fingerprint density at radius 2 is 1.40 bits per heavy atom. The lowest BCUT2D eigenvalue weighted by Crippen LogP contribution is -2.42. The number of ether oxygens (including phenoxy) is 2. The zero-order valence-electron chi connectivity index (χ0n) is 22.1. The van der Waals surface area contributed by atoms with Gasteiger partial charge in [0.25, 0.3) is 10.1 Å². The van der Waals surface area contributed by atoms with Gasteiger partial charge in [0.1, 0.15) is 19.3 Å². The zero-order chi connectivity index (χ0) is 29.4. The molecule has 1 atom stereocenters. The number of rotatable bonds is 11. The molecule has 6 N–H and O–H groups in total. The maximum Gasteiger partial charge on any atom is 0.408 e. The number of aliphatic imine (C=N–C) groups is 1. The summed E-state index contributed by atoms with van der Waals surface area (Å²) in [5.41, 5.74) is 13.3. The molecule has 0 saturated heterocycles. The van der Waals surface area contributed by atoms with E-state index in [0.29, 0.717) is 19.4 Å². The van der Waals surface area contributed by atoms with Crippen molar-refractivity contribution in [3.8, 4) is 0 Å². The summed E-state index contributed by atoms with van der Waals surface area (Å²) in [6.45, 7) is 2.40. The van der Waals surface area contributed by atoms with E-state index in [4.69, 9.17) is 25.5 Å². The number of hydrogen-bond acceptors (Lipinski definition) is 7. The van der Waals surface area contributed by atoms with Crippen molar-refractivity contribution in [2.75, 3.05) is 6.54 Å². The second-order valence-electron chi connectivity index (χ2n) is 8.59. The van der Waals surface area contributed by atoms with E-state index in [0.717, 1.165) is 16.7 Å². The molecule has 0 heterocycles. The van der Waals surface area contributed by atoms with Gasteiger partial charge in [-0.1, -0.05) is 78.4 Å². The number of carbonyl (C=O) groups excluding carboxylic acids is 2. The fourth-order valence-corrected chi connectivity index (χ4v) is 3.68. The fraction of sp³-hybridized carbons (Fsp3) is 0.250. The Morgan fingerprint density at radius 3 is 1.90 bits per heavy atom. The summed E-state index contributed by atoms with van der Waals surface area (Å²) in [5.74, 6) is -0.571. The zero-order valence-corrected chi connectivity index (χ0v) is 22.9. The second-order valence-corrected chi connectivity index (χ2v) is 10.0. The van der Waals surface area contributed by atoms with Gasteiger partial charge in [-0.2, -0.15) is 8.42 Å². The van der Waals surface area contributed by atoms with Gasteiger partial charge in [-0.15, -0.1) is 0 Å². The van der Waals surface area contributed by atoms with Crippen LogP contribution in [0.4, 0.5) is 4.79 Å². The molecule has 0 bridgehead atoms. The SMILES string of the molecule is Cc1ccc(S(=O)(=O)O)cc1.NC(N)=NCCC[C@@H](NC(=O)OCc1ccccc1)C(=O)OCc1ccccc1. The standard InChI is InChI=1S/C21H26N4O4.C7H8O3S/c22-20(23)24-13-7-12-18(19(26)28-14-16-8-3-1-4-9-16)25-21(27)29-15-17-10-5-2-6-11-17;1-6-2-4-7(5-3-6)11(8,9)10/h1-6,8-11,18H,7,12-15H2,(H,25,27)(H4,22,23,24);2-5H,1H3,(H,8,9,10)/t18-;/m1./s1. The van der Waals surface area contributed by atoms with Crippen molar-refractivity contribution in [1.82, 2.24) is 5.32 Å². The third-order valence-electron chi connectivity index (χ3n) is 5.28. The first-order valence-corrected chi connectivity index (χ1v) is 13.8. The highest BCUT2D eigenvalue weighted by atomic mass is 32.2. The molecular formula is C28H34N4O7S. The highest BCUT2D eigenvalue weighted by Gasteiger charge is 2.23. The van der Waals surface area contributed by atoms with E-state index in [9.17, 15) is 18.0 Å². The van der Waals surface area contributed by atoms with E-state index in [2.05, 4.69) is 10.3 Å². The number of aryl methyl sites for hydroxylation is 1. The number of hydrogen-bond donors (Lipinski definition) is 4. The number of nitrogens with two attached hydrogens (primary N) is 2. The third kappa shape index (κ3) is 12.9. The molecule has 0 saturated carbocycles. The summed E-state index contributed by atoms with van der Waals surface area (Å²) in [6, 6.07) is 23.7. The lowest BCUT2D eigenvalue weighted by molar-refractivity contribution is -0.147.